The Bertz CT molecular complexity index is 408. The second kappa shape index (κ2) is 3.64. The van der Waals surface area contributed by atoms with Gasteiger partial charge in [0.15, 0.2) is 0 Å². The first-order valence-electron chi connectivity index (χ1n) is 4.48. The van der Waals surface area contributed by atoms with Gasteiger partial charge < -0.3 is 9.67 Å². The average Bonchev–Trinajstić information content (AvgIpc) is 2.65. The van der Waals surface area contributed by atoms with Gasteiger partial charge in [0, 0.05) is 13.2 Å². The van der Waals surface area contributed by atoms with E-state index in [1.165, 1.54) is 0 Å². The Morgan fingerprint density at radius 3 is 2.57 bits per heavy atom. The summed E-state index contributed by atoms with van der Waals surface area (Å²) in [6.07, 6.45) is 2.87. The van der Waals surface area contributed by atoms with E-state index in [0.717, 1.165) is 5.56 Å². The average molecular weight is 188 g/mol. The number of aryl methyl sites for hydroxylation is 1. The number of aromatic nitrogens is 2. The molecule has 0 saturated heterocycles. The third-order valence-electron chi connectivity index (χ3n) is 2.12. The Morgan fingerprint density at radius 1 is 1.29 bits per heavy atom. The van der Waals surface area contributed by atoms with Gasteiger partial charge in [-0.2, -0.15) is 0 Å². The van der Waals surface area contributed by atoms with Gasteiger partial charge in [0.1, 0.15) is 6.10 Å². The molecule has 3 nitrogen and oxygen atoms in total. The molecule has 0 aliphatic heterocycles. The molecule has 0 fully saturated rings. The Morgan fingerprint density at radius 2 is 2.00 bits per heavy atom. The SMILES string of the molecule is Cn1cnc(C(O)c2ccccc2)c1. The smallest absolute Gasteiger partial charge is 0.122 e. The van der Waals surface area contributed by atoms with Gasteiger partial charge in [0.25, 0.3) is 0 Å². The van der Waals surface area contributed by atoms with E-state index in [1.807, 2.05) is 48.1 Å². The molecule has 0 amide bonds. The van der Waals surface area contributed by atoms with E-state index >= 15 is 0 Å². The maximum Gasteiger partial charge on any atom is 0.122 e. The predicted octanol–water partition coefficient (Wildman–Crippen LogP) is 1.50. The normalized spacial score (nSPS) is 12.7. The number of rotatable bonds is 2. The molecule has 0 bridgehead atoms. The Kier molecular flexibility index (Phi) is 2.33. The van der Waals surface area contributed by atoms with Crippen molar-refractivity contribution in [2.75, 3.05) is 0 Å². The number of imidazole rings is 1. The molecule has 1 unspecified atom stereocenters. The number of aliphatic hydroxyl groups is 1. The highest BCUT2D eigenvalue weighted by Gasteiger charge is 2.11. The zero-order valence-corrected chi connectivity index (χ0v) is 7.96. The van der Waals surface area contributed by atoms with E-state index in [4.69, 9.17) is 0 Å². The van der Waals surface area contributed by atoms with Crippen molar-refractivity contribution in [3.05, 3.63) is 54.1 Å². The van der Waals surface area contributed by atoms with Crippen LogP contribution in [0.4, 0.5) is 0 Å². The van der Waals surface area contributed by atoms with Crippen LogP contribution in [0.5, 0.6) is 0 Å². The van der Waals surface area contributed by atoms with E-state index in [9.17, 15) is 5.11 Å². The van der Waals surface area contributed by atoms with E-state index < -0.39 is 6.10 Å². The van der Waals surface area contributed by atoms with Crippen molar-refractivity contribution in [1.29, 1.82) is 0 Å². The maximum absolute atomic E-state index is 9.93. The van der Waals surface area contributed by atoms with Crippen LogP contribution in [0, 0.1) is 0 Å². The third-order valence-corrected chi connectivity index (χ3v) is 2.12. The molecule has 2 aromatic rings. The fraction of sp³-hybridized carbons (Fsp3) is 0.182. The zero-order chi connectivity index (χ0) is 9.97. The first kappa shape index (κ1) is 8.97. The van der Waals surface area contributed by atoms with Crippen LogP contribution in [0.3, 0.4) is 0 Å². The van der Waals surface area contributed by atoms with Gasteiger partial charge in [-0.05, 0) is 5.56 Å². The molecule has 0 aliphatic carbocycles. The number of aliphatic hydroxyl groups excluding tert-OH is 1. The Balaban J connectivity index is 2.29. The molecule has 1 heterocycles. The lowest BCUT2D eigenvalue weighted by molar-refractivity contribution is 0.216. The number of hydrogen-bond acceptors (Lipinski definition) is 2. The molecule has 72 valence electrons. The minimum atomic E-state index is -0.627. The monoisotopic (exact) mass is 188 g/mol. The summed E-state index contributed by atoms with van der Waals surface area (Å²) >= 11 is 0. The molecular weight excluding hydrogens is 176 g/mol. The van der Waals surface area contributed by atoms with Crippen LogP contribution >= 0.6 is 0 Å². The number of benzene rings is 1. The first-order valence-corrected chi connectivity index (χ1v) is 4.48. The molecule has 0 aliphatic rings. The highest BCUT2D eigenvalue weighted by molar-refractivity contribution is 5.24. The molecule has 0 saturated carbocycles. The lowest BCUT2D eigenvalue weighted by Gasteiger charge is -2.06. The van der Waals surface area contributed by atoms with E-state index in [2.05, 4.69) is 4.98 Å². The maximum atomic E-state index is 9.93. The van der Waals surface area contributed by atoms with Gasteiger partial charge >= 0.3 is 0 Å². The largest absolute Gasteiger partial charge is 0.382 e. The fourth-order valence-electron chi connectivity index (χ4n) is 1.38. The summed E-state index contributed by atoms with van der Waals surface area (Å²) in [7, 11) is 1.88. The molecule has 1 aromatic carbocycles. The van der Waals surface area contributed by atoms with Crippen LogP contribution in [0.15, 0.2) is 42.9 Å². The van der Waals surface area contributed by atoms with Crippen molar-refractivity contribution in [3.63, 3.8) is 0 Å². The lowest BCUT2D eigenvalue weighted by atomic mass is 10.1. The fourth-order valence-corrected chi connectivity index (χ4v) is 1.38. The standard InChI is InChI=1S/C11H12N2O/c1-13-7-10(12-8-13)11(14)9-5-3-2-4-6-9/h2-8,11,14H,1H3. The van der Waals surface area contributed by atoms with Crippen LogP contribution in [0.1, 0.15) is 17.4 Å². The molecule has 0 radical (unpaired) electrons. The molecule has 1 atom stereocenters. The first-order chi connectivity index (χ1) is 6.77. The third kappa shape index (κ3) is 1.67. The molecule has 1 aromatic heterocycles. The second-order valence-electron chi connectivity index (χ2n) is 3.28. The summed E-state index contributed by atoms with van der Waals surface area (Å²) in [5, 5.41) is 9.93. The van der Waals surface area contributed by atoms with Crippen molar-refractivity contribution >= 4 is 0 Å². The van der Waals surface area contributed by atoms with Crippen LogP contribution in [-0.2, 0) is 7.05 Å². The van der Waals surface area contributed by atoms with Gasteiger partial charge in [0.05, 0.1) is 12.0 Å². The summed E-state index contributed by atoms with van der Waals surface area (Å²) < 4.78 is 1.82. The van der Waals surface area contributed by atoms with E-state index in [-0.39, 0.29) is 0 Å². The van der Waals surface area contributed by atoms with Gasteiger partial charge in [-0.25, -0.2) is 4.98 Å². The molecule has 3 heteroatoms. The summed E-state index contributed by atoms with van der Waals surface area (Å²) in [5.41, 5.74) is 1.55. The summed E-state index contributed by atoms with van der Waals surface area (Å²) in [5.74, 6) is 0. The van der Waals surface area contributed by atoms with Gasteiger partial charge in [-0.3, -0.25) is 0 Å². The van der Waals surface area contributed by atoms with Gasteiger partial charge in [0.2, 0.25) is 0 Å². The molecular formula is C11H12N2O. The molecule has 2 rings (SSSR count). The summed E-state index contributed by atoms with van der Waals surface area (Å²) in [4.78, 5) is 4.11. The van der Waals surface area contributed by atoms with Crippen LogP contribution in [0.25, 0.3) is 0 Å². The highest BCUT2D eigenvalue weighted by atomic mass is 16.3. The predicted molar refractivity (Wildman–Crippen MR) is 53.7 cm³/mol. The minimum Gasteiger partial charge on any atom is -0.382 e. The zero-order valence-electron chi connectivity index (χ0n) is 7.96. The lowest BCUT2D eigenvalue weighted by Crippen LogP contribution is -1.99. The van der Waals surface area contributed by atoms with Crippen LogP contribution < -0.4 is 0 Å². The minimum absolute atomic E-state index is 0.627. The van der Waals surface area contributed by atoms with Crippen molar-refractivity contribution in [2.24, 2.45) is 7.05 Å². The number of nitrogens with zero attached hydrogens (tertiary/aromatic N) is 2. The van der Waals surface area contributed by atoms with Gasteiger partial charge in [-0.15, -0.1) is 0 Å². The van der Waals surface area contributed by atoms with E-state index in [1.54, 1.807) is 6.33 Å². The van der Waals surface area contributed by atoms with Gasteiger partial charge in [-0.1, -0.05) is 30.3 Å². The van der Waals surface area contributed by atoms with Crippen LogP contribution in [-0.4, -0.2) is 14.7 Å². The molecule has 1 N–H and O–H groups in total. The quantitative estimate of drug-likeness (QED) is 0.775. The number of hydrogen-bond donors (Lipinski definition) is 1. The topological polar surface area (TPSA) is 38.0 Å². The summed E-state index contributed by atoms with van der Waals surface area (Å²) in [6, 6.07) is 9.51. The van der Waals surface area contributed by atoms with Crippen LogP contribution in [0.2, 0.25) is 0 Å². The second-order valence-corrected chi connectivity index (χ2v) is 3.28. The summed E-state index contributed by atoms with van der Waals surface area (Å²) in [6.45, 7) is 0. The van der Waals surface area contributed by atoms with Crippen molar-refractivity contribution < 1.29 is 5.11 Å². The Labute approximate surface area is 82.7 Å². The van der Waals surface area contributed by atoms with Crippen molar-refractivity contribution in [2.45, 2.75) is 6.10 Å². The van der Waals surface area contributed by atoms with E-state index in [0.29, 0.717) is 5.69 Å². The molecule has 0 spiro atoms. The van der Waals surface area contributed by atoms with Crippen molar-refractivity contribution in [3.8, 4) is 0 Å². The van der Waals surface area contributed by atoms with Crippen molar-refractivity contribution in [1.82, 2.24) is 9.55 Å². The molecule has 14 heavy (non-hydrogen) atoms. The Hall–Kier alpha value is -1.61. The highest BCUT2D eigenvalue weighted by Crippen LogP contribution is 2.18.